The monoisotopic (exact) mass is 290 g/mol. The van der Waals surface area contributed by atoms with Gasteiger partial charge in [0.1, 0.15) is 6.10 Å². The molecule has 2 saturated heterocycles. The minimum atomic E-state index is 0.281. The van der Waals surface area contributed by atoms with E-state index >= 15 is 0 Å². The van der Waals surface area contributed by atoms with Crippen LogP contribution in [-0.4, -0.2) is 51.3 Å². The zero-order valence-electron chi connectivity index (χ0n) is 13.1. The van der Waals surface area contributed by atoms with Crippen molar-refractivity contribution in [3.63, 3.8) is 0 Å². The molecule has 0 bridgehead atoms. The van der Waals surface area contributed by atoms with Gasteiger partial charge >= 0.3 is 0 Å². The van der Waals surface area contributed by atoms with Crippen LogP contribution in [0.1, 0.15) is 30.7 Å². The number of likely N-dealkylation sites (N-methyl/N-ethyl adjacent to an activating group) is 1. The molecule has 2 aliphatic rings. The van der Waals surface area contributed by atoms with Gasteiger partial charge in [-0.3, -0.25) is 0 Å². The van der Waals surface area contributed by atoms with Crippen molar-refractivity contribution >= 4 is 0 Å². The van der Waals surface area contributed by atoms with E-state index in [9.17, 15) is 0 Å². The predicted octanol–water partition coefficient (Wildman–Crippen LogP) is 2.25. The summed E-state index contributed by atoms with van der Waals surface area (Å²) in [6.45, 7) is 4.32. The third kappa shape index (κ3) is 3.50. The molecule has 1 aromatic carbocycles. The van der Waals surface area contributed by atoms with Crippen LogP contribution in [0.4, 0.5) is 0 Å². The third-order valence-electron chi connectivity index (χ3n) is 4.60. The van der Waals surface area contributed by atoms with E-state index in [2.05, 4.69) is 35.5 Å². The average Bonchev–Trinajstić information content (AvgIpc) is 2.93. The van der Waals surface area contributed by atoms with Gasteiger partial charge in [0.2, 0.25) is 0 Å². The fourth-order valence-electron chi connectivity index (χ4n) is 3.35. The van der Waals surface area contributed by atoms with Crippen molar-refractivity contribution < 1.29 is 9.47 Å². The van der Waals surface area contributed by atoms with Crippen molar-refractivity contribution in [2.24, 2.45) is 0 Å². The van der Waals surface area contributed by atoms with Crippen LogP contribution < -0.4 is 14.8 Å². The van der Waals surface area contributed by atoms with Crippen LogP contribution in [0.25, 0.3) is 0 Å². The lowest BCUT2D eigenvalue weighted by atomic mass is 9.91. The van der Waals surface area contributed by atoms with Crippen LogP contribution in [0.2, 0.25) is 0 Å². The van der Waals surface area contributed by atoms with Gasteiger partial charge in [0, 0.05) is 19.6 Å². The van der Waals surface area contributed by atoms with E-state index in [1.54, 1.807) is 7.11 Å². The van der Waals surface area contributed by atoms with Gasteiger partial charge in [-0.05, 0) is 56.5 Å². The molecule has 0 amide bonds. The van der Waals surface area contributed by atoms with Crippen molar-refractivity contribution in [1.29, 1.82) is 0 Å². The molecule has 1 aromatic rings. The molecular formula is C17H26N2O2. The molecule has 0 radical (unpaired) electrons. The van der Waals surface area contributed by atoms with Gasteiger partial charge in [-0.15, -0.1) is 0 Å². The lowest BCUT2D eigenvalue weighted by Crippen LogP contribution is -2.28. The molecule has 2 aliphatic heterocycles. The molecule has 0 spiro atoms. The number of hydrogen-bond acceptors (Lipinski definition) is 4. The fourth-order valence-corrected chi connectivity index (χ4v) is 3.35. The number of rotatable bonds is 4. The molecule has 2 fully saturated rings. The van der Waals surface area contributed by atoms with E-state index in [0.29, 0.717) is 5.92 Å². The second kappa shape index (κ2) is 6.67. The summed E-state index contributed by atoms with van der Waals surface area (Å²) in [7, 11) is 3.86. The molecular weight excluding hydrogens is 264 g/mol. The summed E-state index contributed by atoms with van der Waals surface area (Å²) in [5, 5.41) is 3.48. The minimum absolute atomic E-state index is 0.281. The highest BCUT2D eigenvalue weighted by Gasteiger charge is 2.23. The number of piperidine rings is 1. The van der Waals surface area contributed by atoms with Crippen LogP contribution in [0, 0.1) is 0 Å². The summed E-state index contributed by atoms with van der Waals surface area (Å²) < 4.78 is 11.7. The molecule has 0 saturated carbocycles. The van der Waals surface area contributed by atoms with Crippen molar-refractivity contribution in [1.82, 2.24) is 10.2 Å². The number of hydrogen-bond donors (Lipinski definition) is 1. The zero-order chi connectivity index (χ0) is 14.7. The Balaban J connectivity index is 1.76. The standard InChI is InChI=1S/C17H26N2O2/c1-19-9-7-15(12-19)21-17-10-13(5-6-16(17)20-2)14-4-3-8-18-11-14/h5-6,10,14-15,18H,3-4,7-9,11-12H2,1-2H3. The van der Waals surface area contributed by atoms with E-state index in [4.69, 9.17) is 9.47 Å². The second-order valence-electron chi connectivity index (χ2n) is 6.24. The highest BCUT2D eigenvalue weighted by Crippen LogP contribution is 2.34. The number of likely N-dealkylation sites (tertiary alicyclic amines) is 1. The molecule has 0 aromatic heterocycles. The first kappa shape index (κ1) is 14.7. The number of ether oxygens (including phenoxy) is 2. The highest BCUT2D eigenvalue weighted by molar-refractivity contribution is 5.44. The fraction of sp³-hybridized carbons (Fsp3) is 0.647. The largest absolute Gasteiger partial charge is 0.493 e. The van der Waals surface area contributed by atoms with Gasteiger partial charge in [-0.1, -0.05) is 6.07 Å². The molecule has 0 aliphatic carbocycles. The maximum Gasteiger partial charge on any atom is 0.161 e. The van der Waals surface area contributed by atoms with Crippen LogP contribution in [0.5, 0.6) is 11.5 Å². The summed E-state index contributed by atoms with van der Waals surface area (Å²) in [6, 6.07) is 6.43. The second-order valence-corrected chi connectivity index (χ2v) is 6.24. The molecule has 2 atom stereocenters. The lowest BCUT2D eigenvalue weighted by Gasteiger charge is -2.24. The van der Waals surface area contributed by atoms with Crippen molar-refractivity contribution in [3.05, 3.63) is 23.8 Å². The molecule has 4 heteroatoms. The first-order chi connectivity index (χ1) is 10.3. The quantitative estimate of drug-likeness (QED) is 0.922. The van der Waals surface area contributed by atoms with E-state index < -0.39 is 0 Å². The predicted molar refractivity (Wildman–Crippen MR) is 84.4 cm³/mol. The van der Waals surface area contributed by atoms with Gasteiger partial charge in [0.05, 0.1) is 7.11 Å². The maximum atomic E-state index is 6.21. The van der Waals surface area contributed by atoms with Crippen LogP contribution in [0.15, 0.2) is 18.2 Å². The summed E-state index contributed by atoms with van der Waals surface area (Å²) in [4.78, 5) is 2.31. The van der Waals surface area contributed by atoms with Crippen LogP contribution in [-0.2, 0) is 0 Å². The summed E-state index contributed by atoms with van der Waals surface area (Å²) in [5.74, 6) is 2.34. The Hall–Kier alpha value is -1.26. The summed E-state index contributed by atoms with van der Waals surface area (Å²) >= 11 is 0. The Labute approximate surface area is 127 Å². The molecule has 3 rings (SSSR count). The Morgan fingerprint density at radius 1 is 1.24 bits per heavy atom. The zero-order valence-corrected chi connectivity index (χ0v) is 13.1. The van der Waals surface area contributed by atoms with Gasteiger partial charge in [0.15, 0.2) is 11.5 Å². The number of benzene rings is 1. The van der Waals surface area contributed by atoms with E-state index in [0.717, 1.165) is 44.1 Å². The van der Waals surface area contributed by atoms with Gasteiger partial charge in [-0.2, -0.15) is 0 Å². The first-order valence-corrected chi connectivity index (χ1v) is 8.00. The lowest BCUT2D eigenvalue weighted by molar-refractivity contribution is 0.199. The molecule has 1 N–H and O–H groups in total. The smallest absolute Gasteiger partial charge is 0.161 e. The van der Waals surface area contributed by atoms with Crippen LogP contribution in [0.3, 0.4) is 0 Å². The molecule has 2 heterocycles. The Morgan fingerprint density at radius 3 is 2.81 bits per heavy atom. The normalized spacial score (nSPS) is 26.8. The Morgan fingerprint density at radius 2 is 2.14 bits per heavy atom. The Bertz CT molecular complexity index is 472. The number of methoxy groups -OCH3 is 1. The number of nitrogens with one attached hydrogen (secondary N) is 1. The molecule has 2 unspecified atom stereocenters. The molecule has 21 heavy (non-hydrogen) atoms. The molecule has 4 nitrogen and oxygen atoms in total. The van der Waals surface area contributed by atoms with Gasteiger partial charge in [-0.25, -0.2) is 0 Å². The van der Waals surface area contributed by atoms with Crippen molar-refractivity contribution in [3.8, 4) is 11.5 Å². The summed E-state index contributed by atoms with van der Waals surface area (Å²) in [6.07, 6.45) is 3.88. The van der Waals surface area contributed by atoms with Crippen molar-refractivity contribution in [2.45, 2.75) is 31.3 Å². The van der Waals surface area contributed by atoms with Crippen LogP contribution >= 0.6 is 0 Å². The van der Waals surface area contributed by atoms with Gasteiger partial charge in [0.25, 0.3) is 0 Å². The van der Waals surface area contributed by atoms with Gasteiger partial charge < -0.3 is 19.7 Å². The summed E-state index contributed by atoms with van der Waals surface area (Å²) in [5.41, 5.74) is 1.37. The SMILES string of the molecule is COc1ccc(C2CCCNC2)cc1OC1CCN(C)C1. The maximum absolute atomic E-state index is 6.21. The van der Waals surface area contributed by atoms with E-state index in [1.165, 1.54) is 18.4 Å². The average molecular weight is 290 g/mol. The third-order valence-corrected chi connectivity index (χ3v) is 4.60. The number of nitrogens with zero attached hydrogens (tertiary/aromatic N) is 1. The topological polar surface area (TPSA) is 33.7 Å². The highest BCUT2D eigenvalue weighted by atomic mass is 16.5. The van der Waals surface area contributed by atoms with E-state index in [-0.39, 0.29) is 6.10 Å². The Kier molecular flexibility index (Phi) is 4.66. The molecule has 116 valence electrons. The minimum Gasteiger partial charge on any atom is -0.493 e. The van der Waals surface area contributed by atoms with E-state index in [1.807, 2.05) is 0 Å². The van der Waals surface area contributed by atoms with Crippen molar-refractivity contribution in [2.75, 3.05) is 40.3 Å². The first-order valence-electron chi connectivity index (χ1n) is 8.00.